The predicted molar refractivity (Wildman–Crippen MR) is 87.9 cm³/mol. The van der Waals surface area contributed by atoms with Crippen LogP contribution in [-0.4, -0.2) is 24.7 Å². The molecule has 5 nitrogen and oxygen atoms in total. The SMILES string of the molecule is CC1CC(C)(C)N(C)c2ccc(/C=N/NC(=O)CC#N)cc21. The van der Waals surface area contributed by atoms with E-state index in [-0.39, 0.29) is 12.0 Å². The van der Waals surface area contributed by atoms with Crippen molar-refractivity contribution in [2.24, 2.45) is 5.10 Å². The second kappa shape index (κ2) is 6.18. The summed E-state index contributed by atoms with van der Waals surface area (Å²) in [4.78, 5) is 13.5. The molecule has 1 aliphatic heterocycles. The highest BCUT2D eigenvalue weighted by molar-refractivity contribution is 5.84. The average molecular weight is 298 g/mol. The molecule has 0 aromatic heterocycles. The van der Waals surface area contributed by atoms with E-state index in [0.717, 1.165) is 12.0 Å². The maximum atomic E-state index is 11.2. The molecule has 1 aromatic carbocycles. The van der Waals surface area contributed by atoms with Crippen LogP contribution in [-0.2, 0) is 4.79 Å². The number of rotatable bonds is 3. The molecule has 0 aliphatic carbocycles. The molecule has 116 valence electrons. The highest BCUT2D eigenvalue weighted by atomic mass is 16.2. The van der Waals surface area contributed by atoms with Crippen LogP contribution in [0.5, 0.6) is 0 Å². The minimum absolute atomic E-state index is 0.146. The first-order valence-corrected chi connectivity index (χ1v) is 7.42. The van der Waals surface area contributed by atoms with E-state index in [1.165, 1.54) is 11.3 Å². The number of hydrazone groups is 1. The fourth-order valence-electron chi connectivity index (χ4n) is 2.97. The third kappa shape index (κ3) is 3.28. The van der Waals surface area contributed by atoms with Crippen molar-refractivity contribution in [2.75, 3.05) is 11.9 Å². The number of carbonyl (C=O) groups is 1. The number of carbonyl (C=O) groups excluding carboxylic acids is 1. The van der Waals surface area contributed by atoms with Crippen LogP contribution in [0.25, 0.3) is 0 Å². The lowest BCUT2D eigenvalue weighted by Crippen LogP contribution is -2.45. The summed E-state index contributed by atoms with van der Waals surface area (Å²) in [5.74, 6) is 0.0780. The van der Waals surface area contributed by atoms with Gasteiger partial charge in [0.25, 0.3) is 5.91 Å². The summed E-state index contributed by atoms with van der Waals surface area (Å²) in [5.41, 5.74) is 5.97. The first kappa shape index (κ1) is 16.0. The van der Waals surface area contributed by atoms with Crippen LogP contribution in [0.4, 0.5) is 5.69 Å². The van der Waals surface area contributed by atoms with E-state index in [2.05, 4.69) is 55.4 Å². The summed E-state index contributed by atoms with van der Waals surface area (Å²) in [6.07, 6.45) is 2.52. The van der Waals surface area contributed by atoms with Gasteiger partial charge in [-0.1, -0.05) is 13.0 Å². The normalized spacial score (nSPS) is 19.6. The second-order valence-electron chi connectivity index (χ2n) is 6.42. The van der Waals surface area contributed by atoms with Gasteiger partial charge in [-0.25, -0.2) is 5.43 Å². The van der Waals surface area contributed by atoms with Crippen molar-refractivity contribution in [2.45, 2.75) is 45.1 Å². The van der Waals surface area contributed by atoms with Gasteiger partial charge in [0.15, 0.2) is 0 Å². The van der Waals surface area contributed by atoms with Crippen LogP contribution < -0.4 is 10.3 Å². The number of benzene rings is 1. The van der Waals surface area contributed by atoms with E-state index in [0.29, 0.717) is 5.92 Å². The van der Waals surface area contributed by atoms with Crippen LogP contribution in [0.2, 0.25) is 0 Å². The van der Waals surface area contributed by atoms with Crippen molar-refractivity contribution in [3.63, 3.8) is 0 Å². The van der Waals surface area contributed by atoms with Crippen molar-refractivity contribution < 1.29 is 4.79 Å². The molecule has 22 heavy (non-hydrogen) atoms. The van der Waals surface area contributed by atoms with Gasteiger partial charge in [-0.3, -0.25) is 4.79 Å². The van der Waals surface area contributed by atoms with Gasteiger partial charge in [-0.05, 0) is 49.4 Å². The molecule has 1 atom stereocenters. The lowest BCUT2D eigenvalue weighted by atomic mass is 9.80. The Hall–Kier alpha value is -2.35. The van der Waals surface area contributed by atoms with Crippen LogP contribution in [0.1, 0.15) is 50.7 Å². The van der Waals surface area contributed by atoms with Crippen molar-refractivity contribution >= 4 is 17.8 Å². The minimum atomic E-state index is -0.397. The Bertz CT molecular complexity index is 643. The lowest BCUT2D eigenvalue weighted by molar-refractivity contribution is -0.120. The maximum absolute atomic E-state index is 11.2. The first-order chi connectivity index (χ1) is 10.3. The summed E-state index contributed by atoms with van der Waals surface area (Å²) >= 11 is 0. The smallest absolute Gasteiger partial charge is 0.254 e. The number of amides is 1. The third-order valence-electron chi connectivity index (χ3n) is 4.30. The maximum Gasteiger partial charge on any atom is 0.254 e. The Morgan fingerprint density at radius 2 is 2.32 bits per heavy atom. The van der Waals surface area contributed by atoms with Crippen molar-refractivity contribution in [3.05, 3.63) is 29.3 Å². The molecule has 0 radical (unpaired) electrons. The second-order valence-corrected chi connectivity index (χ2v) is 6.42. The fourth-order valence-corrected chi connectivity index (χ4v) is 2.97. The van der Waals surface area contributed by atoms with E-state index in [1.54, 1.807) is 12.3 Å². The van der Waals surface area contributed by atoms with E-state index in [1.807, 2.05) is 6.07 Å². The lowest BCUT2D eigenvalue weighted by Gasteiger charge is -2.45. The van der Waals surface area contributed by atoms with Gasteiger partial charge in [0.1, 0.15) is 6.42 Å². The summed E-state index contributed by atoms with van der Waals surface area (Å²) in [7, 11) is 2.13. The molecule has 0 saturated carbocycles. The van der Waals surface area contributed by atoms with Gasteiger partial charge in [0.2, 0.25) is 0 Å². The molecule has 1 heterocycles. The molecule has 1 N–H and O–H groups in total. The van der Waals surface area contributed by atoms with Gasteiger partial charge >= 0.3 is 0 Å². The predicted octanol–water partition coefficient (Wildman–Crippen LogP) is 2.77. The number of anilines is 1. The van der Waals surface area contributed by atoms with E-state index in [4.69, 9.17) is 5.26 Å². The number of nitrogens with zero attached hydrogens (tertiary/aromatic N) is 3. The van der Waals surface area contributed by atoms with E-state index >= 15 is 0 Å². The molecule has 0 saturated heterocycles. The first-order valence-electron chi connectivity index (χ1n) is 7.42. The standard InChI is InChI=1S/C17H22N4O/c1-12-10-17(2,3)21(4)15-6-5-13(9-14(12)15)11-19-20-16(22)7-8-18/h5-6,9,11-12H,7,10H2,1-4H3,(H,20,22)/b19-11+. The van der Waals surface area contributed by atoms with E-state index in [9.17, 15) is 4.79 Å². The monoisotopic (exact) mass is 298 g/mol. The Labute approximate surface area is 131 Å². The summed E-state index contributed by atoms with van der Waals surface area (Å²) < 4.78 is 0. The Morgan fingerprint density at radius 1 is 1.59 bits per heavy atom. The Kier molecular flexibility index (Phi) is 4.51. The number of nitriles is 1. The van der Waals surface area contributed by atoms with Crippen molar-refractivity contribution in [1.29, 1.82) is 5.26 Å². The fraction of sp³-hybridized carbons (Fsp3) is 0.471. The van der Waals surface area contributed by atoms with Gasteiger partial charge in [0.05, 0.1) is 12.3 Å². The topological polar surface area (TPSA) is 68.5 Å². The highest BCUT2D eigenvalue weighted by Gasteiger charge is 2.33. The Balaban J connectivity index is 2.19. The van der Waals surface area contributed by atoms with Gasteiger partial charge in [-0.2, -0.15) is 10.4 Å². The summed E-state index contributed by atoms with van der Waals surface area (Å²) in [5, 5.41) is 12.3. The summed E-state index contributed by atoms with van der Waals surface area (Å²) in [6.45, 7) is 6.75. The third-order valence-corrected chi connectivity index (χ3v) is 4.30. The molecule has 2 rings (SSSR count). The molecular weight excluding hydrogens is 276 g/mol. The molecule has 0 spiro atoms. The summed E-state index contributed by atoms with van der Waals surface area (Å²) in [6, 6.07) is 7.99. The quantitative estimate of drug-likeness (QED) is 0.689. The zero-order valence-corrected chi connectivity index (χ0v) is 13.6. The van der Waals surface area contributed by atoms with Crippen molar-refractivity contribution in [3.8, 4) is 6.07 Å². The molecular formula is C17H22N4O. The molecule has 1 aliphatic rings. The molecule has 1 amide bonds. The molecule has 5 heteroatoms. The van der Waals surface area contributed by atoms with Crippen LogP contribution in [0, 0.1) is 11.3 Å². The van der Waals surface area contributed by atoms with Crippen LogP contribution in [0.3, 0.4) is 0 Å². The number of nitrogens with one attached hydrogen (secondary N) is 1. The number of hydrogen-bond acceptors (Lipinski definition) is 4. The molecule has 0 bridgehead atoms. The van der Waals surface area contributed by atoms with Crippen molar-refractivity contribution in [1.82, 2.24) is 5.43 Å². The number of hydrogen-bond donors (Lipinski definition) is 1. The van der Waals surface area contributed by atoms with Crippen LogP contribution >= 0.6 is 0 Å². The van der Waals surface area contributed by atoms with Gasteiger partial charge in [-0.15, -0.1) is 0 Å². The largest absolute Gasteiger partial charge is 0.369 e. The molecule has 1 unspecified atom stereocenters. The molecule has 0 fully saturated rings. The Morgan fingerprint density at radius 3 is 3.00 bits per heavy atom. The average Bonchev–Trinajstić information content (AvgIpc) is 2.45. The minimum Gasteiger partial charge on any atom is -0.369 e. The zero-order valence-electron chi connectivity index (χ0n) is 13.6. The van der Waals surface area contributed by atoms with Crippen LogP contribution in [0.15, 0.2) is 23.3 Å². The highest BCUT2D eigenvalue weighted by Crippen LogP contribution is 2.42. The molecule has 1 aromatic rings. The number of fused-ring (bicyclic) bond motifs is 1. The van der Waals surface area contributed by atoms with Gasteiger partial charge in [0, 0.05) is 18.3 Å². The zero-order chi connectivity index (χ0) is 16.3. The van der Waals surface area contributed by atoms with Gasteiger partial charge < -0.3 is 4.90 Å². The van der Waals surface area contributed by atoms with E-state index < -0.39 is 5.91 Å².